The summed E-state index contributed by atoms with van der Waals surface area (Å²) in [4.78, 5) is 34.5. The van der Waals surface area contributed by atoms with Gasteiger partial charge in [-0.1, -0.05) is 42.5 Å². The van der Waals surface area contributed by atoms with Crippen LogP contribution in [0.4, 0.5) is 11.4 Å². The molecule has 0 atom stereocenters. The van der Waals surface area contributed by atoms with Crippen LogP contribution in [0.3, 0.4) is 0 Å². The molecule has 2 N–H and O–H groups in total. The van der Waals surface area contributed by atoms with E-state index in [0.717, 1.165) is 10.8 Å². The summed E-state index contributed by atoms with van der Waals surface area (Å²) in [7, 11) is 0. The number of aromatic nitrogens is 2. The molecule has 0 fully saturated rings. The standard InChI is InChI=1S/C26H18N4O2/c31-25(29-21-12-2-6-17-10-4-14-27-23(17)21)19-8-1-9-20(16-19)26(32)30-22-13-3-7-18-11-5-15-28-24(18)22/h1-16H,(H,29,31)(H,30,32). The molecular formula is C26H18N4O2. The summed E-state index contributed by atoms with van der Waals surface area (Å²) in [5.41, 5.74) is 3.40. The number of hydrogen-bond donors (Lipinski definition) is 2. The Bertz CT molecular complexity index is 1360. The number of benzene rings is 3. The SMILES string of the molecule is O=C(Nc1cccc2cccnc12)c1cccc(C(=O)Nc2cccc3cccnc23)c1. The number of pyridine rings is 2. The van der Waals surface area contributed by atoms with E-state index in [2.05, 4.69) is 20.6 Å². The van der Waals surface area contributed by atoms with Gasteiger partial charge in [0.2, 0.25) is 0 Å². The minimum atomic E-state index is -0.315. The van der Waals surface area contributed by atoms with E-state index in [1.165, 1.54) is 0 Å². The van der Waals surface area contributed by atoms with E-state index in [9.17, 15) is 9.59 Å². The van der Waals surface area contributed by atoms with Crippen LogP contribution in [-0.2, 0) is 0 Å². The smallest absolute Gasteiger partial charge is 0.255 e. The molecule has 0 spiro atoms. The number of nitrogens with zero attached hydrogens (tertiary/aromatic N) is 2. The van der Waals surface area contributed by atoms with Gasteiger partial charge in [0.15, 0.2) is 0 Å². The summed E-state index contributed by atoms with van der Waals surface area (Å²) < 4.78 is 0. The number of anilines is 2. The summed E-state index contributed by atoms with van der Waals surface area (Å²) in [6.45, 7) is 0. The van der Waals surface area contributed by atoms with Gasteiger partial charge in [-0.15, -0.1) is 0 Å². The summed E-state index contributed by atoms with van der Waals surface area (Å²) in [6.07, 6.45) is 3.37. The van der Waals surface area contributed by atoms with Crippen molar-refractivity contribution in [2.45, 2.75) is 0 Å². The summed E-state index contributed by atoms with van der Waals surface area (Å²) in [5.74, 6) is -0.630. The molecule has 0 radical (unpaired) electrons. The van der Waals surface area contributed by atoms with Crippen LogP contribution in [0.15, 0.2) is 97.3 Å². The first kappa shape index (κ1) is 19.4. The average Bonchev–Trinajstić information content (AvgIpc) is 2.84. The summed E-state index contributed by atoms with van der Waals surface area (Å²) in [5, 5.41) is 7.66. The van der Waals surface area contributed by atoms with Crippen molar-refractivity contribution in [1.29, 1.82) is 0 Å². The van der Waals surface area contributed by atoms with Crippen LogP contribution >= 0.6 is 0 Å². The number of rotatable bonds is 4. The Hall–Kier alpha value is -4.58. The zero-order chi connectivity index (χ0) is 21.9. The predicted molar refractivity (Wildman–Crippen MR) is 126 cm³/mol. The molecule has 154 valence electrons. The van der Waals surface area contributed by atoms with Gasteiger partial charge < -0.3 is 10.6 Å². The van der Waals surface area contributed by atoms with Crippen LogP contribution in [0.25, 0.3) is 21.8 Å². The molecule has 6 nitrogen and oxygen atoms in total. The lowest BCUT2D eigenvalue weighted by Gasteiger charge is -2.10. The van der Waals surface area contributed by atoms with Crippen LogP contribution < -0.4 is 10.6 Å². The molecule has 5 rings (SSSR count). The quantitative estimate of drug-likeness (QED) is 0.415. The van der Waals surface area contributed by atoms with Crippen molar-refractivity contribution in [3.8, 4) is 0 Å². The van der Waals surface area contributed by atoms with Gasteiger partial charge in [0.1, 0.15) is 0 Å². The van der Waals surface area contributed by atoms with Crippen LogP contribution in [0, 0.1) is 0 Å². The maximum Gasteiger partial charge on any atom is 0.255 e. The lowest BCUT2D eigenvalue weighted by molar-refractivity contribution is 0.102. The second kappa shape index (κ2) is 8.28. The lowest BCUT2D eigenvalue weighted by atomic mass is 10.1. The van der Waals surface area contributed by atoms with Crippen molar-refractivity contribution in [3.63, 3.8) is 0 Å². The monoisotopic (exact) mass is 418 g/mol. The average molecular weight is 418 g/mol. The minimum Gasteiger partial charge on any atom is -0.320 e. The number of hydrogen-bond acceptors (Lipinski definition) is 4. The topological polar surface area (TPSA) is 84.0 Å². The molecular weight excluding hydrogens is 400 g/mol. The Morgan fingerprint density at radius 1 is 0.562 bits per heavy atom. The van der Waals surface area contributed by atoms with Gasteiger partial charge in [0.05, 0.1) is 22.4 Å². The van der Waals surface area contributed by atoms with Crippen molar-refractivity contribution in [2.24, 2.45) is 0 Å². The third-order valence-electron chi connectivity index (χ3n) is 5.15. The van der Waals surface area contributed by atoms with E-state index in [1.54, 1.807) is 48.8 Å². The largest absolute Gasteiger partial charge is 0.320 e. The molecule has 6 heteroatoms. The summed E-state index contributed by atoms with van der Waals surface area (Å²) in [6, 6.07) is 25.4. The van der Waals surface area contributed by atoms with Gasteiger partial charge in [-0.05, 0) is 42.5 Å². The molecule has 5 aromatic rings. The number of para-hydroxylation sites is 2. The van der Waals surface area contributed by atoms with Gasteiger partial charge in [0.25, 0.3) is 11.8 Å². The predicted octanol–water partition coefficient (Wildman–Crippen LogP) is 5.29. The van der Waals surface area contributed by atoms with E-state index in [-0.39, 0.29) is 11.8 Å². The number of carbonyl (C=O) groups excluding carboxylic acids is 2. The fourth-order valence-corrected chi connectivity index (χ4v) is 3.60. The molecule has 2 heterocycles. The van der Waals surface area contributed by atoms with Gasteiger partial charge in [0, 0.05) is 34.3 Å². The van der Waals surface area contributed by atoms with Crippen LogP contribution in [0.1, 0.15) is 20.7 Å². The van der Waals surface area contributed by atoms with Crippen LogP contribution in [0.5, 0.6) is 0 Å². The van der Waals surface area contributed by atoms with E-state index >= 15 is 0 Å². The molecule has 0 unspecified atom stereocenters. The number of amides is 2. The van der Waals surface area contributed by atoms with E-state index < -0.39 is 0 Å². The molecule has 2 amide bonds. The first-order chi connectivity index (χ1) is 15.7. The molecule has 0 saturated carbocycles. The highest BCUT2D eigenvalue weighted by atomic mass is 16.2. The maximum atomic E-state index is 12.9. The highest BCUT2D eigenvalue weighted by molar-refractivity contribution is 6.12. The van der Waals surface area contributed by atoms with Gasteiger partial charge in [-0.2, -0.15) is 0 Å². The first-order valence-corrected chi connectivity index (χ1v) is 10.1. The van der Waals surface area contributed by atoms with Crippen LogP contribution in [0.2, 0.25) is 0 Å². The molecule has 3 aromatic carbocycles. The summed E-state index contributed by atoms with van der Waals surface area (Å²) >= 11 is 0. The molecule has 0 aliphatic carbocycles. The van der Waals surface area contributed by atoms with E-state index in [4.69, 9.17) is 0 Å². The normalized spacial score (nSPS) is 10.8. The molecule has 0 saturated heterocycles. The second-order valence-electron chi connectivity index (χ2n) is 7.25. The van der Waals surface area contributed by atoms with Crippen molar-refractivity contribution in [2.75, 3.05) is 10.6 Å². The van der Waals surface area contributed by atoms with E-state index in [1.807, 2.05) is 48.5 Å². The number of carbonyl (C=O) groups is 2. The Balaban J connectivity index is 1.39. The van der Waals surface area contributed by atoms with Crippen LogP contribution in [-0.4, -0.2) is 21.8 Å². The van der Waals surface area contributed by atoms with Crippen molar-refractivity contribution in [1.82, 2.24) is 9.97 Å². The third kappa shape index (κ3) is 3.77. The minimum absolute atomic E-state index is 0.315. The highest BCUT2D eigenvalue weighted by Crippen LogP contribution is 2.23. The second-order valence-corrected chi connectivity index (χ2v) is 7.25. The maximum absolute atomic E-state index is 12.9. The molecule has 32 heavy (non-hydrogen) atoms. The zero-order valence-corrected chi connectivity index (χ0v) is 16.9. The molecule has 2 aromatic heterocycles. The molecule has 0 bridgehead atoms. The fourth-order valence-electron chi connectivity index (χ4n) is 3.60. The van der Waals surface area contributed by atoms with Gasteiger partial charge in [-0.3, -0.25) is 19.6 Å². The van der Waals surface area contributed by atoms with E-state index in [0.29, 0.717) is 33.5 Å². The lowest BCUT2D eigenvalue weighted by Crippen LogP contribution is -2.16. The number of fused-ring (bicyclic) bond motifs is 2. The Labute approximate surface area is 184 Å². The number of nitrogens with one attached hydrogen (secondary N) is 2. The first-order valence-electron chi connectivity index (χ1n) is 10.1. The van der Waals surface area contributed by atoms with Gasteiger partial charge >= 0.3 is 0 Å². The fraction of sp³-hybridized carbons (Fsp3) is 0. The third-order valence-corrected chi connectivity index (χ3v) is 5.15. The van der Waals surface area contributed by atoms with Crippen molar-refractivity contribution in [3.05, 3.63) is 108 Å². The Kier molecular flexibility index (Phi) is 5.01. The van der Waals surface area contributed by atoms with Gasteiger partial charge in [-0.25, -0.2) is 0 Å². The Morgan fingerprint density at radius 2 is 1.00 bits per heavy atom. The highest BCUT2D eigenvalue weighted by Gasteiger charge is 2.13. The molecule has 0 aliphatic heterocycles. The zero-order valence-electron chi connectivity index (χ0n) is 16.9. The molecule has 0 aliphatic rings. The Morgan fingerprint density at radius 3 is 1.50 bits per heavy atom. The van der Waals surface area contributed by atoms with Crippen molar-refractivity contribution >= 4 is 45.0 Å². The van der Waals surface area contributed by atoms with Crippen molar-refractivity contribution < 1.29 is 9.59 Å².